The van der Waals surface area contributed by atoms with E-state index in [1.807, 2.05) is 44.2 Å². The molecule has 1 aromatic rings. The maximum Gasteiger partial charge on any atom is 0.312 e. The summed E-state index contributed by atoms with van der Waals surface area (Å²) < 4.78 is 11.7. The molecule has 2 N–H and O–H groups in total. The number of nitrogens with zero attached hydrogens (tertiary/aromatic N) is 1. The van der Waals surface area contributed by atoms with Crippen LogP contribution in [0.1, 0.15) is 39.2 Å². The highest BCUT2D eigenvalue weighted by Gasteiger charge is 2.77. The Morgan fingerprint density at radius 2 is 2.03 bits per heavy atom. The van der Waals surface area contributed by atoms with Gasteiger partial charge in [0.2, 0.25) is 11.8 Å². The molecule has 3 aliphatic rings. The van der Waals surface area contributed by atoms with Gasteiger partial charge in [0.25, 0.3) is 0 Å². The van der Waals surface area contributed by atoms with E-state index in [1.54, 1.807) is 6.92 Å². The number of halogens is 1. The molecule has 8 nitrogen and oxygen atoms in total. The molecule has 3 saturated heterocycles. The number of amides is 2. The number of hydrogen-bond donors (Lipinski definition) is 2. The number of hydrogen-bond acceptors (Lipinski definition) is 6. The molecule has 1 aromatic carbocycles. The number of aliphatic hydroxyl groups is 1. The van der Waals surface area contributed by atoms with E-state index in [0.29, 0.717) is 13.0 Å². The fraction of sp³-hybridized carbons (Fsp3) is 0.640. The predicted molar refractivity (Wildman–Crippen MR) is 128 cm³/mol. The minimum Gasteiger partial charge on any atom is -0.466 e. The summed E-state index contributed by atoms with van der Waals surface area (Å²) in [7, 11) is 0. The van der Waals surface area contributed by atoms with Crippen molar-refractivity contribution in [3.8, 4) is 0 Å². The second-order valence-corrected chi connectivity index (χ2v) is 10.7. The molecule has 0 aliphatic carbocycles. The van der Waals surface area contributed by atoms with Crippen LogP contribution in [0, 0.1) is 17.8 Å². The molecule has 34 heavy (non-hydrogen) atoms. The Kier molecular flexibility index (Phi) is 7.36. The normalized spacial score (nSPS) is 33.5. The lowest BCUT2D eigenvalue weighted by Gasteiger charge is -2.38. The number of aliphatic hydroxyl groups excluding tert-OH is 1. The van der Waals surface area contributed by atoms with Crippen molar-refractivity contribution in [2.75, 3.05) is 13.2 Å². The number of ether oxygens (including phenoxy) is 2. The maximum absolute atomic E-state index is 13.9. The first kappa shape index (κ1) is 25.1. The van der Waals surface area contributed by atoms with Crippen LogP contribution in [0.25, 0.3) is 0 Å². The lowest BCUT2D eigenvalue weighted by atomic mass is 9.70. The van der Waals surface area contributed by atoms with E-state index in [4.69, 9.17) is 9.47 Å². The summed E-state index contributed by atoms with van der Waals surface area (Å²) in [5.41, 5.74) is -0.226. The number of fused-ring (bicyclic) bond motifs is 1. The van der Waals surface area contributed by atoms with Gasteiger partial charge in [-0.25, -0.2) is 0 Å². The van der Waals surface area contributed by atoms with Crippen LogP contribution in [0.15, 0.2) is 30.3 Å². The minimum atomic E-state index is -1.16. The van der Waals surface area contributed by atoms with Crippen molar-refractivity contribution in [1.29, 1.82) is 0 Å². The Labute approximate surface area is 208 Å². The standard InChI is InChI=1S/C25H33BrN2O6/c1-4-14(3)17(13-29)28-21(22(30)27-12-15-9-7-6-8-10-15)25-11-16(26)20(34-25)18(19(25)23(28)31)24(32)33-5-2/h6-10,14,16-21,29H,4-5,11-13H2,1-3H3,(H,27,30)/t14-,16?,17-,18+,19-,20+,21?,25?/m0/s1. The summed E-state index contributed by atoms with van der Waals surface area (Å²) in [6, 6.07) is 8.00. The first-order valence-corrected chi connectivity index (χ1v) is 12.9. The number of carbonyl (C=O) groups excluding carboxylic acids is 3. The lowest BCUT2D eigenvalue weighted by molar-refractivity contribution is -0.155. The zero-order valence-electron chi connectivity index (χ0n) is 19.8. The van der Waals surface area contributed by atoms with Crippen LogP contribution in [-0.2, 0) is 30.4 Å². The number of likely N-dealkylation sites (tertiary alicyclic amines) is 1. The summed E-state index contributed by atoms with van der Waals surface area (Å²) in [5, 5.41) is 13.3. The van der Waals surface area contributed by atoms with Gasteiger partial charge in [-0.05, 0) is 24.8 Å². The van der Waals surface area contributed by atoms with E-state index in [9.17, 15) is 19.5 Å². The predicted octanol–water partition coefficient (Wildman–Crippen LogP) is 2.02. The largest absolute Gasteiger partial charge is 0.466 e. The molecular formula is C25H33BrN2O6. The van der Waals surface area contributed by atoms with Crippen LogP contribution in [0.3, 0.4) is 0 Å². The molecule has 0 aromatic heterocycles. The molecule has 3 heterocycles. The van der Waals surface area contributed by atoms with Crippen molar-refractivity contribution in [3.05, 3.63) is 35.9 Å². The number of esters is 1. The Balaban J connectivity index is 1.73. The van der Waals surface area contributed by atoms with Crippen molar-refractivity contribution >= 4 is 33.7 Å². The SMILES string of the molecule is CCOC(=O)[C@H]1[C@@H]2OC3(CC2Br)C(C(=O)NCc2ccccc2)N([C@@H](CO)[C@@H](C)CC)C(=O)[C@H]13. The van der Waals surface area contributed by atoms with E-state index < -0.39 is 41.6 Å². The van der Waals surface area contributed by atoms with Crippen molar-refractivity contribution in [1.82, 2.24) is 10.2 Å². The molecule has 3 unspecified atom stereocenters. The second kappa shape index (κ2) is 9.95. The van der Waals surface area contributed by atoms with E-state index in [1.165, 1.54) is 4.90 Å². The van der Waals surface area contributed by atoms with Gasteiger partial charge in [-0.3, -0.25) is 14.4 Å². The highest BCUT2D eigenvalue weighted by atomic mass is 79.9. The average Bonchev–Trinajstić information content (AvgIpc) is 3.42. The molecule has 8 atom stereocenters. The summed E-state index contributed by atoms with van der Waals surface area (Å²) in [6.45, 7) is 5.87. The molecule has 9 heteroatoms. The minimum absolute atomic E-state index is 0.0494. The van der Waals surface area contributed by atoms with Crippen molar-refractivity contribution in [3.63, 3.8) is 0 Å². The fourth-order valence-corrected chi connectivity index (χ4v) is 6.87. The summed E-state index contributed by atoms with van der Waals surface area (Å²) in [5.74, 6) is -2.81. The summed E-state index contributed by atoms with van der Waals surface area (Å²) in [4.78, 5) is 41.9. The van der Waals surface area contributed by atoms with Gasteiger partial charge >= 0.3 is 5.97 Å². The average molecular weight is 537 g/mol. The first-order valence-electron chi connectivity index (χ1n) is 12.0. The Morgan fingerprint density at radius 3 is 2.65 bits per heavy atom. The number of rotatable bonds is 9. The van der Waals surface area contributed by atoms with Gasteiger partial charge in [0.1, 0.15) is 11.6 Å². The molecule has 3 aliphatic heterocycles. The number of alkyl halides is 1. The van der Waals surface area contributed by atoms with Gasteiger partial charge in [0.05, 0.1) is 37.2 Å². The van der Waals surface area contributed by atoms with Gasteiger partial charge in [-0.2, -0.15) is 0 Å². The smallest absolute Gasteiger partial charge is 0.312 e. The Morgan fingerprint density at radius 1 is 1.32 bits per heavy atom. The van der Waals surface area contributed by atoms with Gasteiger partial charge in [-0.15, -0.1) is 0 Å². The van der Waals surface area contributed by atoms with Crippen LogP contribution in [0.2, 0.25) is 0 Å². The Bertz CT molecular complexity index is 929. The van der Waals surface area contributed by atoms with Gasteiger partial charge < -0.3 is 24.8 Å². The van der Waals surface area contributed by atoms with Gasteiger partial charge in [0, 0.05) is 11.4 Å². The zero-order valence-corrected chi connectivity index (χ0v) is 21.4. The van der Waals surface area contributed by atoms with Crippen LogP contribution < -0.4 is 5.32 Å². The quantitative estimate of drug-likeness (QED) is 0.369. The maximum atomic E-state index is 13.9. The van der Waals surface area contributed by atoms with Crippen molar-refractivity contribution < 1.29 is 29.0 Å². The first-order chi connectivity index (χ1) is 16.3. The zero-order chi connectivity index (χ0) is 24.6. The molecule has 1 spiro atoms. The van der Waals surface area contributed by atoms with Crippen LogP contribution in [-0.4, -0.2) is 69.6 Å². The molecule has 3 fully saturated rings. The third-order valence-corrected chi connectivity index (χ3v) is 8.53. The van der Waals surface area contributed by atoms with E-state index in [-0.39, 0.29) is 35.8 Å². The Hall–Kier alpha value is -1.97. The summed E-state index contributed by atoms with van der Waals surface area (Å²) >= 11 is 3.63. The molecule has 0 radical (unpaired) electrons. The number of benzene rings is 1. The van der Waals surface area contributed by atoms with E-state index in [2.05, 4.69) is 21.2 Å². The highest BCUT2D eigenvalue weighted by Crippen LogP contribution is 2.60. The van der Waals surface area contributed by atoms with Crippen molar-refractivity contribution in [2.24, 2.45) is 17.8 Å². The molecule has 186 valence electrons. The van der Waals surface area contributed by atoms with E-state index >= 15 is 0 Å². The fourth-order valence-electron chi connectivity index (χ4n) is 5.93. The molecule has 0 saturated carbocycles. The number of nitrogens with one attached hydrogen (secondary N) is 1. The monoisotopic (exact) mass is 536 g/mol. The third-order valence-electron chi connectivity index (χ3n) is 7.69. The molecule has 2 amide bonds. The van der Waals surface area contributed by atoms with Gasteiger partial charge in [0.15, 0.2) is 0 Å². The van der Waals surface area contributed by atoms with Gasteiger partial charge in [-0.1, -0.05) is 66.5 Å². The van der Waals surface area contributed by atoms with Crippen molar-refractivity contribution in [2.45, 2.75) is 68.8 Å². The topological polar surface area (TPSA) is 105 Å². The van der Waals surface area contributed by atoms with Crippen LogP contribution in [0.5, 0.6) is 0 Å². The van der Waals surface area contributed by atoms with Crippen LogP contribution in [0.4, 0.5) is 0 Å². The van der Waals surface area contributed by atoms with Crippen LogP contribution >= 0.6 is 15.9 Å². The van der Waals surface area contributed by atoms with E-state index in [0.717, 1.165) is 12.0 Å². The lowest BCUT2D eigenvalue weighted by Crippen LogP contribution is -2.59. The molecule has 2 bridgehead atoms. The third kappa shape index (κ3) is 3.95. The molecule has 4 rings (SSSR count). The highest BCUT2D eigenvalue weighted by molar-refractivity contribution is 9.09. The number of carbonyl (C=O) groups is 3. The second-order valence-electron chi connectivity index (χ2n) is 9.50. The molecular weight excluding hydrogens is 504 g/mol. The summed E-state index contributed by atoms with van der Waals surface area (Å²) in [6.07, 6.45) is 0.593.